The lowest BCUT2D eigenvalue weighted by Gasteiger charge is -2.30. The van der Waals surface area contributed by atoms with Crippen LogP contribution >= 0.6 is 12.4 Å². The monoisotopic (exact) mass is 273 g/mol. The molecule has 0 bridgehead atoms. The van der Waals surface area contributed by atoms with Gasteiger partial charge in [0, 0.05) is 19.1 Å². The molecule has 6 heteroatoms. The number of piperidine rings is 1. The first-order chi connectivity index (χ1) is 8.15. The van der Waals surface area contributed by atoms with E-state index in [4.69, 9.17) is 5.73 Å². The molecule has 1 aromatic heterocycles. The molecule has 1 fully saturated rings. The van der Waals surface area contributed by atoms with Crippen molar-refractivity contribution in [2.24, 2.45) is 11.7 Å². The van der Waals surface area contributed by atoms with E-state index >= 15 is 0 Å². The highest BCUT2D eigenvalue weighted by molar-refractivity contribution is 5.85. The van der Waals surface area contributed by atoms with Crippen LogP contribution in [0.25, 0.3) is 0 Å². The number of hydrogen-bond donors (Lipinski definition) is 1. The van der Waals surface area contributed by atoms with Crippen molar-refractivity contribution in [3.05, 3.63) is 12.2 Å². The zero-order valence-corrected chi connectivity index (χ0v) is 12.1. The average molecular weight is 274 g/mol. The largest absolute Gasteiger partial charge is 0.327 e. The van der Waals surface area contributed by atoms with Crippen molar-refractivity contribution >= 4 is 12.4 Å². The van der Waals surface area contributed by atoms with E-state index in [-0.39, 0.29) is 12.4 Å². The number of likely N-dealkylation sites (tertiary alicyclic amines) is 1. The van der Waals surface area contributed by atoms with Crippen LogP contribution in [0.2, 0.25) is 0 Å². The first kappa shape index (κ1) is 15.4. The van der Waals surface area contributed by atoms with Crippen molar-refractivity contribution in [2.75, 3.05) is 13.1 Å². The van der Waals surface area contributed by atoms with E-state index in [9.17, 15) is 0 Å². The standard InChI is InChI=1S/C12H23N5.ClH/c1-10(2)6-17-12(14-9-15-17)8-16-5-3-4-11(13)7-16;/h9-11H,3-8,13H2,1-2H3;1H/t11-;/m1./s1. The second-order valence-electron chi connectivity index (χ2n) is 5.39. The van der Waals surface area contributed by atoms with E-state index in [1.807, 2.05) is 4.68 Å². The van der Waals surface area contributed by atoms with E-state index in [1.165, 1.54) is 6.42 Å². The average Bonchev–Trinajstić information content (AvgIpc) is 2.65. The molecule has 0 saturated carbocycles. The molecule has 2 heterocycles. The molecule has 1 aliphatic rings. The highest BCUT2D eigenvalue weighted by Crippen LogP contribution is 2.11. The number of aromatic nitrogens is 3. The summed E-state index contributed by atoms with van der Waals surface area (Å²) in [5.41, 5.74) is 5.99. The van der Waals surface area contributed by atoms with E-state index in [1.54, 1.807) is 6.33 Å². The Bertz CT molecular complexity index is 352. The summed E-state index contributed by atoms with van der Waals surface area (Å²) in [5.74, 6) is 1.66. The van der Waals surface area contributed by atoms with Crippen LogP contribution in [0.3, 0.4) is 0 Å². The minimum absolute atomic E-state index is 0. The molecule has 2 N–H and O–H groups in total. The zero-order chi connectivity index (χ0) is 12.3. The van der Waals surface area contributed by atoms with Crippen molar-refractivity contribution in [2.45, 2.75) is 45.8 Å². The Hall–Kier alpha value is -0.650. The summed E-state index contributed by atoms with van der Waals surface area (Å²) in [4.78, 5) is 6.74. The summed E-state index contributed by atoms with van der Waals surface area (Å²) in [5, 5.41) is 4.29. The molecule has 0 radical (unpaired) electrons. The maximum atomic E-state index is 5.99. The third-order valence-corrected chi connectivity index (χ3v) is 3.14. The Morgan fingerprint density at radius 1 is 1.50 bits per heavy atom. The van der Waals surface area contributed by atoms with Crippen LogP contribution in [0, 0.1) is 5.92 Å². The molecule has 0 spiro atoms. The molecule has 104 valence electrons. The Morgan fingerprint density at radius 2 is 2.28 bits per heavy atom. The Kier molecular flexibility index (Phi) is 6.05. The van der Waals surface area contributed by atoms with Crippen LogP contribution in [0.4, 0.5) is 0 Å². The van der Waals surface area contributed by atoms with Gasteiger partial charge < -0.3 is 5.73 Å². The lowest BCUT2D eigenvalue weighted by molar-refractivity contribution is 0.193. The van der Waals surface area contributed by atoms with Crippen molar-refractivity contribution in [1.29, 1.82) is 0 Å². The summed E-state index contributed by atoms with van der Waals surface area (Å²) < 4.78 is 2.02. The Morgan fingerprint density at radius 3 is 2.94 bits per heavy atom. The third-order valence-electron chi connectivity index (χ3n) is 3.14. The molecule has 1 aliphatic heterocycles. The Labute approximate surface area is 115 Å². The fraction of sp³-hybridized carbons (Fsp3) is 0.833. The normalized spacial score (nSPS) is 21.0. The fourth-order valence-corrected chi connectivity index (χ4v) is 2.34. The molecule has 1 aromatic rings. The van der Waals surface area contributed by atoms with E-state index in [0.717, 1.165) is 38.4 Å². The fourth-order valence-electron chi connectivity index (χ4n) is 2.34. The summed E-state index contributed by atoms with van der Waals surface area (Å²) in [6.07, 6.45) is 4.00. The SMILES string of the molecule is CC(C)Cn1ncnc1CN1CCC[C@@H](N)C1.Cl. The van der Waals surface area contributed by atoms with Crippen LogP contribution in [0.15, 0.2) is 6.33 Å². The number of halogens is 1. The lowest BCUT2D eigenvalue weighted by atomic mass is 10.1. The van der Waals surface area contributed by atoms with Gasteiger partial charge in [0.1, 0.15) is 12.2 Å². The molecule has 2 rings (SSSR count). The van der Waals surface area contributed by atoms with Gasteiger partial charge in [-0.1, -0.05) is 13.8 Å². The van der Waals surface area contributed by atoms with Gasteiger partial charge in [0.2, 0.25) is 0 Å². The molecular weight excluding hydrogens is 250 g/mol. The maximum absolute atomic E-state index is 5.99. The highest BCUT2D eigenvalue weighted by atomic mass is 35.5. The number of rotatable bonds is 4. The van der Waals surface area contributed by atoms with E-state index < -0.39 is 0 Å². The minimum atomic E-state index is 0. The van der Waals surface area contributed by atoms with Crippen LogP contribution in [0.1, 0.15) is 32.5 Å². The van der Waals surface area contributed by atoms with Crippen LogP contribution in [-0.4, -0.2) is 38.8 Å². The number of nitrogens with zero attached hydrogens (tertiary/aromatic N) is 4. The molecule has 0 amide bonds. The van der Waals surface area contributed by atoms with Crippen LogP contribution in [0.5, 0.6) is 0 Å². The second kappa shape index (κ2) is 7.07. The van der Waals surface area contributed by atoms with Crippen molar-refractivity contribution < 1.29 is 0 Å². The highest BCUT2D eigenvalue weighted by Gasteiger charge is 2.18. The number of hydrogen-bond acceptors (Lipinski definition) is 4. The predicted octanol–water partition coefficient (Wildman–Crippen LogP) is 1.28. The van der Waals surface area contributed by atoms with Crippen molar-refractivity contribution in [3.8, 4) is 0 Å². The summed E-state index contributed by atoms with van der Waals surface area (Å²) in [7, 11) is 0. The summed E-state index contributed by atoms with van der Waals surface area (Å²) >= 11 is 0. The summed E-state index contributed by atoms with van der Waals surface area (Å²) in [6, 6.07) is 0.324. The van der Waals surface area contributed by atoms with Gasteiger partial charge >= 0.3 is 0 Å². The smallest absolute Gasteiger partial charge is 0.141 e. The van der Waals surface area contributed by atoms with Crippen molar-refractivity contribution in [1.82, 2.24) is 19.7 Å². The first-order valence-corrected chi connectivity index (χ1v) is 6.49. The minimum Gasteiger partial charge on any atom is -0.327 e. The van der Waals surface area contributed by atoms with E-state index in [0.29, 0.717) is 12.0 Å². The molecular formula is C12H24ClN5. The second-order valence-corrected chi connectivity index (χ2v) is 5.39. The summed E-state index contributed by atoms with van der Waals surface area (Å²) in [6.45, 7) is 8.32. The van der Waals surface area contributed by atoms with Gasteiger partial charge in [-0.3, -0.25) is 4.90 Å². The van der Waals surface area contributed by atoms with Gasteiger partial charge in [0.05, 0.1) is 6.54 Å². The molecule has 18 heavy (non-hydrogen) atoms. The van der Waals surface area contributed by atoms with E-state index in [2.05, 4.69) is 28.8 Å². The van der Waals surface area contributed by atoms with Gasteiger partial charge in [-0.15, -0.1) is 12.4 Å². The zero-order valence-electron chi connectivity index (χ0n) is 11.2. The topological polar surface area (TPSA) is 60.0 Å². The van der Waals surface area contributed by atoms with Gasteiger partial charge in [-0.2, -0.15) is 5.10 Å². The predicted molar refractivity (Wildman–Crippen MR) is 74.6 cm³/mol. The van der Waals surface area contributed by atoms with Crippen molar-refractivity contribution in [3.63, 3.8) is 0 Å². The van der Waals surface area contributed by atoms with Gasteiger partial charge in [0.25, 0.3) is 0 Å². The molecule has 0 aromatic carbocycles. The molecule has 0 unspecified atom stereocenters. The van der Waals surface area contributed by atoms with Crippen LogP contribution in [-0.2, 0) is 13.1 Å². The molecule has 1 atom stereocenters. The Balaban J connectivity index is 0.00000162. The molecule has 1 saturated heterocycles. The van der Waals surface area contributed by atoms with Gasteiger partial charge in [-0.25, -0.2) is 9.67 Å². The number of nitrogens with two attached hydrogens (primary N) is 1. The lowest BCUT2D eigenvalue weighted by Crippen LogP contribution is -2.42. The molecule has 0 aliphatic carbocycles. The van der Waals surface area contributed by atoms with Gasteiger partial charge in [-0.05, 0) is 25.3 Å². The maximum Gasteiger partial charge on any atom is 0.141 e. The van der Waals surface area contributed by atoms with Crippen LogP contribution < -0.4 is 5.73 Å². The quantitative estimate of drug-likeness (QED) is 0.898. The first-order valence-electron chi connectivity index (χ1n) is 6.49. The van der Waals surface area contributed by atoms with Gasteiger partial charge in [0.15, 0.2) is 0 Å². The molecule has 5 nitrogen and oxygen atoms in total. The third kappa shape index (κ3) is 4.23.